The number of carboxylic acid groups (broad SMARTS) is 1. The van der Waals surface area contributed by atoms with Gasteiger partial charge in [-0.2, -0.15) is 0 Å². The lowest BCUT2D eigenvalue weighted by Crippen LogP contribution is -2.41. The second-order valence-electron chi connectivity index (χ2n) is 6.41. The van der Waals surface area contributed by atoms with E-state index < -0.39 is 5.97 Å². The zero-order chi connectivity index (χ0) is 17.8. The van der Waals surface area contributed by atoms with Crippen LogP contribution in [-0.4, -0.2) is 36.2 Å². The third-order valence-corrected chi connectivity index (χ3v) is 4.98. The molecule has 0 aromatic heterocycles. The van der Waals surface area contributed by atoms with Crippen LogP contribution < -0.4 is 4.74 Å². The van der Waals surface area contributed by atoms with Crippen molar-refractivity contribution < 1.29 is 14.6 Å². The first-order valence-corrected chi connectivity index (χ1v) is 8.82. The van der Waals surface area contributed by atoms with Crippen LogP contribution in [0.4, 0.5) is 0 Å². The average molecular weight is 360 g/mol. The van der Waals surface area contributed by atoms with Crippen molar-refractivity contribution in [1.82, 2.24) is 4.90 Å². The quantitative estimate of drug-likeness (QED) is 0.867. The first kappa shape index (κ1) is 17.8. The van der Waals surface area contributed by atoms with Gasteiger partial charge in [-0.3, -0.25) is 9.69 Å². The van der Waals surface area contributed by atoms with Crippen LogP contribution >= 0.6 is 11.6 Å². The van der Waals surface area contributed by atoms with Crippen LogP contribution in [0.15, 0.2) is 48.5 Å². The summed E-state index contributed by atoms with van der Waals surface area (Å²) in [6.07, 6.45) is 1.60. The molecule has 132 valence electrons. The second-order valence-corrected chi connectivity index (χ2v) is 6.84. The molecule has 0 bridgehead atoms. The lowest BCUT2D eigenvalue weighted by atomic mass is 9.91. The van der Waals surface area contributed by atoms with E-state index in [9.17, 15) is 9.90 Å². The monoisotopic (exact) mass is 359 g/mol. The zero-order valence-electron chi connectivity index (χ0n) is 14.2. The Bertz CT molecular complexity index is 749. The van der Waals surface area contributed by atoms with Gasteiger partial charge in [0.15, 0.2) is 0 Å². The maximum absolute atomic E-state index is 11.5. The summed E-state index contributed by atoms with van der Waals surface area (Å²) >= 11 is 6.22. The summed E-state index contributed by atoms with van der Waals surface area (Å²) in [6.45, 7) is 1.39. The third-order valence-electron chi connectivity index (χ3n) is 4.74. The van der Waals surface area contributed by atoms with Gasteiger partial charge in [-0.25, -0.2) is 0 Å². The van der Waals surface area contributed by atoms with E-state index >= 15 is 0 Å². The van der Waals surface area contributed by atoms with Crippen molar-refractivity contribution in [3.05, 3.63) is 64.7 Å². The largest absolute Gasteiger partial charge is 0.497 e. The van der Waals surface area contributed by atoms with Gasteiger partial charge in [0, 0.05) is 11.6 Å². The number of benzene rings is 2. The number of carbonyl (C=O) groups is 1. The Morgan fingerprint density at radius 3 is 2.64 bits per heavy atom. The summed E-state index contributed by atoms with van der Waals surface area (Å²) < 4.78 is 5.37. The van der Waals surface area contributed by atoms with Crippen LogP contribution in [0.3, 0.4) is 0 Å². The molecular weight excluding hydrogens is 338 g/mol. The van der Waals surface area contributed by atoms with Gasteiger partial charge >= 0.3 is 5.97 Å². The predicted octanol–water partition coefficient (Wildman–Crippen LogP) is 4.23. The normalized spacial score (nSPS) is 19.4. The van der Waals surface area contributed by atoms with Gasteiger partial charge in [0.05, 0.1) is 19.1 Å². The highest BCUT2D eigenvalue weighted by molar-refractivity contribution is 6.30. The van der Waals surface area contributed by atoms with Crippen molar-refractivity contribution in [2.45, 2.75) is 18.9 Å². The van der Waals surface area contributed by atoms with Gasteiger partial charge < -0.3 is 9.84 Å². The number of nitrogens with zero attached hydrogens (tertiary/aromatic N) is 1. The number of ether oxygens (including phenoxy) is 1. The summed E-state index contributed by atoms with van der Waals surface area (Å²) in [4.78, 5) is 13.7. The molecule has 2 aromatic rings. The minimum atomic E-state index is -0.722. The zero-order valence-corrected chi connectivity index (χ0v) is 14.9. The lowest BCUT2D eigenvalue weighted by molar-refractivity contribution is -0.143. The number of rotatable bonds is 5. The molecule has 5 heteroatoms. The molecule has 2 aromatic carbocycles. The summed E-state index contributed by atoms with van der Waals surface area (Å²) in [5.41, 5.74) is 2.14. The SMILES string of the molecule is COc1cccc(C(c2cccc(Cl)c2)N2CCCC(C(=O)O)C2)c1. The van der Waals surface area contributed by atoms with Crippen molar-refractivity contribution >= 4 is 17.6 Å². The molecule has 1 aliphatic rings. The highest BCUT2D eigenvalue weighted by Gasteiger charge is 2.31. The molecule has 1 N–H and O–H groups in total. The maximum Gasteiger partial charge on any atom is 0.307 e. The van der Waals surface area contributed by atoms with E-state index in [1.807, 2.05) is 42.5 Å². The second kappa shape index (κ2) is 7.89. The molecule has 1 saturated heterocycles. The Morgan fingerprint density at radius 1 is 1.24 bits per heavy atom. The number of carboxylic acids is 1. The highest BCUT2D eigenvalue weighted by Crippen LogP contribution is 2.34. The molecule has 4 nitrogen and oxygen atoms in total. The highest BCUT2D eigenvalue weighted by atomic mass is 35.5. The van der Waals surface area contributed by atoms with Crippen LogP contribution in [0.1, 0.15) is 30.0 Å². The van der Waals surface area contributed by atoms with Crippen molar-refractivity contribution in [3.63, 3.8) is 0 Å². The molecular formula is C20H22ClNO3. The lowest BCUT2D eigenvalue weighted by Gasteiger charge is -2.37. The minimum absolute atomic E-state index is 0.0454. The van der Waals surface area contributed by atoms with Crippen molar-refractivity contribution in [1.29, 1.82) is 0 Å². The molecule has 2 unspecified atom stereocenters. The molecule has 0 amide bonds. The molecule has 3 rings (SSSR count). The summed E-state index contributed by atoms with van der Waals surface area (Å²) in [5, 5.41) is 10.1. The van der Waals surface area contributed by atoms with Crippen molar-refractivity contribution in [3.8, 4) is 5.75 Å². The van der Waals surface area contributed by atoms with E-state index in [1.165, 1.54) is 0 Å². The topological polar surface area (TPSA) is 49.8 Å². The molecule has 2 atom stereocenters. The van der Waals surface area contributed by atoms with Crippen LogP contribution in [-0.2, 0) is 4.79 Å². The van der Waals surface area contributed by atoms with E-state index in [4.69, 9.17) is 16.3 Å². The van der Waals surface area contributed by atoms with Crippen LogP contribution in [0.5, 0.6) is 5.75 Å². The Kier molecular flexibility index (Phi) is 5.61. The minimum Gasteiger partial charge on any atom is -0.497 e. The number of halogens is 1. The number of piperidine rings is 1. The standard InChI is InChI=1S/C20H22ClNO3/c1-25-18-9-3-6-15(12-18)19(14-5-2-8-17(21)11-14)22-10-4-7-16(13-22)20(23)24/h2-3,5-6,8-9,11-12,16,19H,4,7,10,13H2,1H3,(H,23,24). The third kappa shape index (κ3) is 4.14. The Labute approximate surface area is 153 Å². The summed E-state index contributed by atoms with van der Waals surface area (Å²) in [5.74, 6) is -0.266. The molecule has 25 heavy (non-hydrogen) atoms. The number of hydrogen-bond acceptors (Lipinski definition) is 3. The fraction of sp³-hybridized carbons (Fsp3) is 0.350. The number of aliphatic carboxylic acids is 1. The average Bonchev–Trinajstić information content (AvgIpc) is 2.62. The fourth-order valence-electron chi connectivity index (χ4n) is 3.54. The van der Waals surface area contributed by atoms with Gasteiger partial charge in [0.1, 0.15) is 5.75 Å². The Hall–Kier alpha value is -2.04. The Balaban J connectivity index is 2.01. The summed E-state index contributed by atoms with van der Waals surface area (Å²) in [6, 6.07) is 15.7. The number of methoxy groups -OCH3 is 1. The number of hydrogen-bond donors (Lipinski definition) is 1. The maximum atomic E-state index is 11.5. The predicted molar refractivity (Wildman–Crippen MR) is 98.2 cm³/mol. The number of likely N-dealkylation sites (tertiary alicyclic amines) is 1. The van der Waals surface area contributed by atoms with Crippen LogP contribution in [0, 0.1) is 5.92 Å². The molecule has 0 spiro atoms. The molecule has 0 saturated carbocycles. The summed E-state index contributed by atoms with van der Waals surface area (Å²) in [7, 11) is 1.65. The first-order valence-electron chi connectivity index (χ1n) is 8.44. The van der Waals surface area contributed by atoms with Crippen LogP contribution in [0.2, 0.25) is 5.02 Å². The van der Waals surface area contributed by atoms with Crippen molar-refractivity contribution in [2.75, 3.05) is 20.2 Å². The smallest absolute Gasteiger partial charge is 0.307 e. The molecule has 1 heterocycles. The van der Waals surface area contributed by atoms with Gasteiger partial charge in [-0.15, -0.1) is 0 Å². The molecule has 0 aliphatic carbocycles. The first-order chi connectivity index (χ1) is 12.1. The Morgan fingerprint density at radius 2 is 1.96 bits per heavy atom. The van der Waals surface area contributed by atoms with Gasteiger partial charge in [0.25, 0.3) is 0 Å². The van der Waals surface area contributed by atoms with Gasteiger partial charge in [-0.1, -0.05) is 35.9 Å². The van der Waals surface area contributed by atoms with E-state index in [2.05, 4.69) is 11.0 Å². The molecule has 0 radical (unpaired) electrons. The molecule has 1 aliphatic heterocycles. The molecule has 1 fully saturated rings. The van der Waals surface area contributed by atoms with Gasteiger partial charge in [0.2, 0.25) is 0 Å². The fourth-order valence-corrected chi connectivity index (χ4v) is 3.74. The van der Waals surface area contributed by atoms with Gasteiger partial charge in [-0.05, 0) is 54.8 Å². The van der Waals surface area contributed by atoms with E-state index in [1.54, 1.807) is 7.11 Å². The van der Waals surface area contributed by atoms with E-state index in [0.717, 1.165) is 36.3 Å². The van der Waals surface area contributed by atoms with Crippen LogP contribution in [0.25, 0.3) is 0 Å². The van der Waals surface area contributed by atoms with E-state index in [0.29, 0.717) is 11.6 Å². The van der Waals surface area contributed by atoms with Crippen molar-refractivity contribution in [2.24, 2.45) is 5.92 Å². The van der Waals surface area contributed by atoms with E-state index in [-0.39, 0.29) is 12.0 Å².